The summed E-state index contributed by atoms with van der Waals surface area (Å²) in [6.45, 7) is 5.77. The number of ketones is 1. The van der Waals surface area contributed by atoms with Crippen molar-refractivity contribution in [1.82, 2.24) is 0 Å². The van der Waals surface area contributed by atoms with E-state index in [9.17, 15) is 9.59 Å². The summed E-state index contributed by atoms with van der Waals surface area (Å²) in [7, 11) is 0. The van der Waals surface area contributed by atoms with Gasteiger partial charge < -0.3 is 10.6 Å². The van der Waals surface area contributed by atoms with Gasteiger partial charge in [-0.05, 0) is 55.7 Å². The minimum absolute atomic E-state index is 0.0286. The average Bonchev–Trinajstić information content (AvgIpc) is 2.55. The van der Waals surface area contributed by atoms with Crippen LogP contribution in [0.15, 0.2) is 42.5 Å². The Morgan fingerprint density at radius 1 is 1.04 bits per heavy atom. The maximum absolute atomic E-state index is 12.2. The average molecular weight is 310 g/mol. The van der Waals surface area contributed by atoms with Crippen LogP contribution in [0.1, 0.15) is 35.3 Å². The highest BCUT2D eigenvalue weighted by molar-refractivity contribution is 5.96. The smallest absolute Gasteiger partial charge is 0.243 e. The zero-order valence-electron chi connectivity index (χ0n) is 13.8. The van der Waals surface area contributed by atoms with Crippen molar-refractivity contribution in [1.29, 1.82) is 0 Å². The molecule has 0 aliphatic rings. The molecule has 23 heavy (non-hydrogen) atoms. The fraction of sp³-hybridized carbons (Fsp3) is 0.263. The zero-order chi connectivity index (χ0) is 16.8. The Morgan fingerprint density at radius 3 is 2.35 bits per heavy atom. The van der Waals surface area contributed by atoms with Gasteiger partial charge in [-0.15, -0.1) is 0 Å². The van der Waals surface area contributed by atoms with E-state index in [4.69, 9.17) is 0 Å². The van der Waals surface area contributed by atoms with E-state index in [0.29, 0.717) is 5.56 Å². The second-order valence-electron chi connectivity index (χ2n) is 5.50. The molecule has 2 rings (SSSR count). The number of nitrogens with one attached hydrogen (secondary N) is 2. The molecule has 0 radical (unpaired) electrons. The third kappa shape index (κ3) is 4.42. The van der Waals surface area contributed by atoms with Crippen molar-refractivity contribution < 1.29 is 9.59 Å². The van der Waals surface area contributed by atoms with Crippen LogP contribution < -0.4 is 10.6 Å². The molecule has 120 valence electrons. The summed E-state index contributed by atoms with van der Waals surface area (Å²) >= 11 is 0. The highest BCUT2D eigenvalue weighted by Gasteiger charge is 2.08. The van der Waals surface area contributed by atoms with Crippen LogP contribution in [0.2, 0.25) is 0 Å². The van der Waals surface area contributed by atoms with E-state index in [-0.39, 0.29) is 18.2 Å². The van der Waals surface area contributed by atoms with Crippen molar-refractivity contribution in [3.8, 4) is 0 Å². The second kappa shape index (κ2) is 7.58. The lowest BCUT2D eigenvalue weighted by molar-refractivity contribution is -0.114. The van der Waals surface area contributed by atoms with Crippen LogP contribution in [0.3, 0.4) is 0 Å². The summed E-state index contributed by atoms with van der Waals surface area (Å²) < 4.78 is 0. The molecule has 0 bridgehead atoms. The van der Waals surface area contributed by atoms with Crippen LogP contribution in [0, 0.1) is 6.92 Å². The van der Waals surface area contributed by atoms with Crippen LogP contribution in [0.25, 0.3) is 0 Å². The lowest BCUT2D eigenvalue weighted by atomic mass is 10.1. The summed E-state index contributed by atoms with van der Waals surface area (Å²) in [6, 6.07) is 13.1. The van der Waals surface area contributed by atoms with Gasteiger partial charge in [0.15, 0.2) is 5.78 Å². The van der Waals surface area contributed by atoms with Crippen molar-refractivity contribution in [2.75, 3.05) is 17.2 Å². The number of benzene rings is 2. The van der Waals surface area contributed by atoms with E-state index in [2.05, 4.69) is 17.6 Å². The maximum Gasteiger partial charge on any atom is 0.243 e. The van der Waals surface area contributed by atoms with E-state index < -0.39 is 0 Å². The molecule has 4 nitrogen and oxygen atoms in total. The van der Waals surface area contributed by atoms with E-state index in [1.165, 1.54) is 6.92 Å². The lowest BCUT2D eigenvalue weighted by Gasteiger charge is -2.13. The molecule has 2 N–H and O–H groups in total. The molecule has 0 aliphatic heterocycles. The van der Waals surface area contributed by atoms with Crippen LogP contribution in [0.5, 0.6) is 0 Å². The molecule has 0 aromatic heterocycles. The number of hydrogen-bond donors (Lipinski definition) is 2. The molecule has 0 aliphatic carbocycles. The highest BCUT2D eigenvalue weighted by atomic mass is 16.2. The van der Waals surface area contributed by atoms with Gasteiger partial charge in [0.05, 0.1) is 6.54 Å². The van der Waals surface area contributed by atoms with Gasteiger partial charge in [-0.25, -0.2) is 0 Å². The van der Waals surface area contributed by atoms with Crippen molar-refractivity contribution in [2.24, 2.45) is 0 Å². The maximum atomic E-state index is 12.2. The van der Waals surface area contributed by atoms with Crippen molar-refractivity contribution >= 4 is 23.1 Å². The SMILES string of the molecule is CCc1cccc(C)c1NC(=O)CNc1ccc(C(C)=O)cc1. The quantitative estimate of drug-likeness (QED) is 0.798. The van der Waals surface area contributed by atoms with E-state index >= 15 is 0 Å². The fourth-order valence-corrected chi connectivity index (χ4v) is 2.39. The van der Waals surface area contributed by atoms with Crippen LogP contribution >= 0.6 is 0 Å². The first-order valence-corrected chi connectivity index (χ1v) is 7.74. The number of rotatable bonds is 6. The lowest BCUT2D eigenvalue weighted by Crippen LogP contribution is -2.22. The minimum Gasteiger partial charge on any atom is -0.376 e. The third-order valence-electron chi connectivity index (χ3n) is 3.75. The first-order valence-electron chi connectivity index (χ1n) is 7.74. The summed E-state index contributed by atoms with van der Waals surface area (Å²) in [5.41, 5.74) is 4.56. The van der Waals surface area contributed by atoms with E-state index in [0.717, 1.165) is 28.9 Å². The van der Waals surface area contributed by atoms with Crippen LogP contribution in [-0.4, -0.2) is 18.2 Å². The normalized spacial score (nSPS) is 10.2. The predicted molar refractivity (Wildman–Crippen MR) is 94.1 cm³/mol. The number of carbonyl (C=O) groups is 2. The van der Waals surface area contributed by atoms with Gasteiger partial charge in [0.25, 0.3) is 0 Å². The fourth-order valence-electron chi connectivity index (χ4n) is 2.39. The van der Waals surface area contributed by atoms with Gasteiger partial charge >= 0.3 is 0 Å². The molecule has 0 fully saturated rings. The van der Waals surface area contributed by atoms with Crippen molar-refractivity contribution in [3.05, 3.63) is 59.2 Å². The largest absolute Gasteiger partial charge is 0.376 e. The Labute approximate surface area is 136 Å². The number of para-hydroxylation sites is 1. The Bertz CT molecular complexity index is 706. The molecule has 0 atom stereocenters. The van der Waals surface area contributed by atoms with Crippen LogP contribution in [0.4, 0.5) is 11.4 Å². The Morgan fingerprint density at radius 2 is 1.74 bits per heavy atom. The Hall–Kier alpha value is -2.62. The van der Waals surface area contributed by atoms with Gasteiger partial charge in [-0.2, -0.15) is 0 Å². The number of Topliss-reactive ketones (excluding diaryl/α,β-unsaturated/α-hetero) is 1. The molecule has 0 heterocycles. The van der Waals surface area contributed by atoms with Crippen molar-refractivity contribution in [3.63, 3.8) is 0 Å². The minimum atomic E-state index is -0.0929. The predicted octanol–water partition coefficient (Wildman–Crippen LogP) is 3.81. The Kier molecular flexibility index (Phi) is 5.52. The number of amides is 1. The molecule has 0 saturated carbocycles. The monoisotopic (exact) mass is 310 g/mol. The molecule has 2 aromatic rings. The van der Waals surface area contributed by atoms with Gasteiger partial charge in [-0.3, -0.25) is 9.59 Å². The van der Waals surface area contributed by atoms with Gasteiger partial charge in [0, 0.05) is 16.9 Å². The molecular formula is C19H22N2O2. The topological polar surface area (TPSA) is 58.2 Å². The van der Waals surface area contributed by atoms with Gasteiger partial charge in [0.1, 0.15) is 0 Å². The number of aryl methyl sites for hydroxylation is 2. The molecule has 0 saturated heterocycles. The molecule has 1 amide bonds. The number of hydrogen-bond acceptors (Lipinski definition) is 3. The van der Waals surface area contributed by atoms with Crippen LogP contribution in [-0.2, 0) is 11.2 Å². The first-order chi connectivity index (χ1) is 11.0. The number of carbonyl (C=O) groups excluding carboxylic acids is 2. The van der Waals surface area contributed by atoms with Gasteiger partial charge in [-0.1, -0.05) is 25.1 Å². The van der Waals surface area contributed by atoms with Crippen molar-refractivity contribution in [2.45, 2.75) is 27.2 Å². The second-order valence-corrected chi connectivity index (χ2v) is 5.50. The molecule has 4 heteroatoms. The summed E-state index contributed by atoms with van der Waals surface area (Å²) in [5, 5.41) is 6.04. The molecular weight excluding hydrogens is 288 g/mol. The Balaban J connectivity index is 1.97. The van der Waals surface area contributed by atoms with Gasteiger partial charge in [0.2, 0.25) is 5.91 Å². The molecule has 0 unspecified atom stereocenters. The highest BCUT2D eigenvalue weighted by Crippen LogP contribution is 2.21. The summed E-state index contributed by atoms with van der Waals surface area (Å²) in [4.78, 5) is 23.4. The van der Waals surface area contributed by atoms with E-state index in [1.807, 2.05) is 25.1 Å². The number of anilines is 2. The first kappa shape index (κ1) is 16.7. The van der Waals surface area contributed by atoms with E-state index in [1.54, 1.807) is 24.3 Å². The third-order valence-corrected chi connectivity index (χ3v) is 3.75. The molecule has 0 spiro atoms. The summed E-state index contributed by atoms with van der Waals surface area (Å²) in [6.07, 6.45) is 0.872. The summed E-state index contributed by atoms with van der Waals surface area (Å²) in [5.74, 6) is -0.0643. The molecule has 2 aromatic carbocycles. The zero-order valence-corrected chi connectivity index (χ0v) is 13.8. The standard InChI is InChI=1S/C19H22N2O2/c1-4-15-7-5-6-13(2)19(15)21-18(23)12-20-17-10-8-16(9-11-17)14(3)22/h5-11,20H,4,12H2,1-3H3,(H,21,23).